The fourth-order valence-corrected chi connectivity index (χ4v) is 5.47. The van der Waals surface area contributed by atoms with Crippen LogP contribution in [0.3, 0.4) is 0 Å². The van der Waals surface area contributed by atoms with Crippen LogP contribution in [0.15, 0.2) is 54.7 Å². The first-order valence-corrected chi connectivity index (χ1v) is 12.9. The van der Waals surface area contributed by atoms with Crippen molar-refractivity contribution in [1.82, 2.24) is 19.7 Å². The number of carbonyl (C=O) groups is 2. The molecule has 0 spiro atoms. The molecule has 2 N–H and O–H groups in total. The monoisotopic (exact) mass is 599 g/mol. The quantitative estimate of drug-likeness (QED) is 0.276. The van der Waals surface area contributed by atoms with E-state index in [0.717, 1.165) is 12.1 Å². The number of hydrogen-bond donors (Lipinski definition) is 2. The van der Waals surface area contributed by atoms with E-state index in [1.165, 1.54) is 29.2 Å². The zero-order valence-corrected chi connectivity index (χ0v) is 21.9. The van der Waals surface area contributed by atoms with Gasteiger partial charge in [0.1, 0.15) is 5.35 Å². The van der Waals surface area contributed by atoms with Crippen molar-refractivity contribution in [3.63, 3.8) is 0 Å². The normalized spacial score (nSPS) is 14.0. The van der Waals surface area contributed by atoms with Crippen molar-refractivity contribution in [3.05, 3.63) is 82.5 Å². The van der Waals surface area contributed by atoms with Gasteiger partial charge in [0.25, 0.3) is 11.8 Å². The van der Waals surface area contributed by atoms with Crippen molar-refractivity contribution in [2.24, 2.45) is 0 Å². The largest absolute Gasteiger partial charge is 0.434 e. The standard InChI is InChI=1S/C29H19F6N5O3/c30-28(31,32)20-12-15(6-7-16(20)27(43)39-10-1-2-11-39)37-26(42)19-13-36-40(25(19)29(33,34)35)23-9-8-21-24-17(22(14-41)38-21)4-3-5-18(23)24/h3-9,12-13,38H,1-2,10-11H2,(H,37,42). The molecular weight excluding hydrogens is 580 g/mol. The van der Waals surface area contributed by atoms with Gasteiger partial charge in [0.2, 0.25) is 0 Å². The highest BCUT2D eigenvalue weighted by Gasteiger charge is 2.41. The van der Waals surface area contributed by atoms with E-state index in [2.05, 4.69) is 15.4 Å². The number of H-pyrrole nitrogens is 1. The summed E-state index contributed by atoms with van der Waals surface area (Å²) < 4.78 is 85.5. The predicted octanol–water partition coefficient (Wildman–Crippen LogP) is 5.25. The fraction of sp³-hybridized carbons (Fsp3) is 0.207. The number of likely N-dealkylation sites (tertiary alicyclic amines) is 1. The molecule has 0 bridgehead atoms. The summed E-state index contributed by atoms with van der Waals surface area (Å²) in [7, 11) is 0. The molecule has 2 aromatic heterocycles. The fourth-order valence-electron chi connectivity index (χ4n) is 5.47. The number of halogens is 6. The summed E-state index contributed by atoms with van der Waals surface area (Å²) in [4.78, 5) is 41.3. The highest BCUT2D eigenvalue weighted by molar-refractivity contribution is 6.13. The number of benzene rings is 3. The summed E-state index contributed by atoms with van der Waals surface area (Å²) in [6, 6.07) is 9.90. The van der Waals surface area contributed by atoms with Crippen LogP contribution in [0.25, 0.3) is 27.4 Å². The summed E-state index contributed by atoms with van der Waals surface area (Å²) in [5.74, 6) is -0.424. The van der Waals surface area contributed by atoms with Crippen molar-refractivity contribution >= 4 is 45.1 Å². The number of carbonyl (C=O) groups excluding carboxylic acids is 3. The summed E-state index contributed by atoms with van der Waals surface area (Å²) in [5.41, 5.74) is -4.37. The van der Waals surface area contributed by atoms with Crippen LogP contribution in [0.1, 0.15) is 44.8 Å². The second kappa shape index (κ2) is 10.0. The first-order valence-electron chi connectivity index (χ1n) is 12.9. The Labute approximate surface area is 237 Å². The van der Waals surface area contributed by atoms with Crippen LogP contribution in [0.2, 0.25) is 0 Å². The SMILES string of the molecule is O=C=c1[nH]c2ccc(-n3ncc(C(=O)Nc4ccc(C(=O)N5CCCC5)c(C(F)(F)F)c4)c3C(F)(F)F)c3cccc1c23. The van der Waals surface area contributed by atoms with Crippen molar-refractivity contribution < 1.29 is 40.7 Å². The zero-order valence-electron chi connectivity index (χ0n) is 21.9. The smallest absolute Gasteiger partial charge is 0.345 e. The Morgan fingerprint density at radius 1 is 0.907 bits per heavy atom. The van der Waals surface area contributed by atoms with Crippen molar-refractivity contribution in [3.8, 4) is 5.69 Å². The Bertz CT molecular complexity index is 2000. The topological polar surface area (TPSA) is 100 Å². The lowest BCUT2D eigenvalue weighted by atomic mass is 10.0. The van der Waals surface area contributed by atoms with Crippen molar-refractivity contribution in [1.29, 1.82) is 0 Å². The van der Waals surface area contributed by atoms with Crippen LogP contribution in [0, 0.1) is 0 Å². The summed E-state index contributed by atoms with van der Waals surface area (Å²) >= 11 is 0. The molecule has 0 saturated carbocycles. The number of aromatic nitrogens is 3. The van der Waals surface area contributed by atoms with Gasteiger partial charge in [-0.05, 0) is 43.2 Å². The third-order valence-corrected chi connectivity index (χ3v) is 7.37. The minimum Gasteiger partial charge on any atom is -0.345 e. The molecule has 0 unspecified atom stereocenters. The Morgan fingerprint density at radius 2 is 1.63 bits per heavy atom. The number of nitrogens with zero attached hydrogens (tertiary/aromatic N) is 3. The Hall–Kier alpha value is -5.10. The highest BCUT2D eigenvalue weighted by Crippen LogP contribution is 2.38. The number of rotatable bonds is 4. The average molecular weight is 599 g/mol. The molecule has 3 heterocycles. The molecule has 8 nitrogen and oxygen atoms in total. The van der Waals surface area contributed by atoms with Gasteiger partial charge in [0, 0.05) is 40.5 Å². The Kier molecular flexibility index (Phi) is 6.53. The number of anilines is 1. The Balaban J connectivity index is 1.40. The van der Waals surface area contributed by atoms with Gasteiger partial charge in [-0.15, -0.1) is 0 Å². The third-order valence-electron chi connectivity index (χ3n) is 7.37. The average Bonchev–Trinajstić information content (AvgIpc) is 3.72. The molecule has 0 aliphatic carbocycles. The molecule has 43 heavy (non-hydrogen) atoms. The van der Waals surface area contributed by atoms with E-state index >= 15 is 0 Å². The second-order valence-electron chi connectivity index (χ2n) is 9.99. The molecule has 1 aliphatic heterocycles. The summed E-state index contributed by atoms with van der Waals surface area (Å²) in [5, 5.41) is 7.20. The number of alkyl halides is 6. The van der Waals surface area contributed by atoms with E-state index in [1.807, 2.05) is 0 Å². The van der Waals surface area contributed by atoms with E-state index in [1.54, 1.807) is 12.0 Å². The van der Waals surface area contributed by atoms with Crippen LogP contribution in [-0.2, 0) is 17.1 Å². The van der Waals surface area contributed by atoms with Gasteiger partial charge in [0.15, 0.2) is 11.6 Å². The Morgan fingerprint density at radius 3 is 2.30 bits per heavy atom. The first-order chi connectivity index (χ1) is 20.4. The number of aromatic amines is 1. The molecule has 1 saturated heterocycles. The second-order valence-corrected chi connectivity index (χ2v) is 9.99. The maximum absolute atomic E-state index is 14.4. The molecule has 5 aromatic rings. The van der Waals surface area contributed by atoms with Crippen LogP contribution in [0.4, 0.5) is 32.0 Å². The lowest BCUT2D eigenvalue weighted by Crippen LogP contribution is -2.30. The van der Waals surface area contributed by atoms with Gasteiger partial charge in [0.05, 0.1) is 28.6 Å². The van der Waals surface area contributed by atoms with Gasteiger partial charge >= 0.3 is 12.4 Å². The molecule has 1 fully saturated rings. The minimum atomic E-state index is -5.11. The van der Waals surface area contributed by atoms with E-state index in [9.17, 15) is 40.7 Å². The lowest BCUT2D eigenvalue weighted by molar-refractivity contribution is -0.143. The number of amides is 2. The first kappa shape index (κ1) is 28.0. The predicted molar refractivity (Wildman–Crippen MR) is 142 cm³/mol. The molecule has 1 aliphatic rings. The van der Waals surface area contributed by atoms with E-state index in [-0.39, 0.29) is 11.0 Å². The molecule has 14 heteroatoms. The molecule has 0 atom stereocenters. The molecule has 2 amide bonds. The van der Waals surface area contributed by atoms with Crippen LogP contribution < -0.4 is 10.7 Å². The molecule has 6 rings (SSSR count). The molecule has 0 radical (unpaired) electrons. The van der Waals surface area contributed by atoms with Crippen molar-refractivity contribution in [2.75, 3.05) is 18.4 Å². The maximum atomic E-state index is 14.4. The van der Waals surface area contributed by atoms with Gasteiger partial charge < -0.3 is 15.2 Å². The van der Waals surface area contributed by atoms with Crippen LogP contribution >= 0.6 is 0 Å². The van der Waals surface area contributed by atoms with Crippen molar-refractivity contribution in [2.45, 2.75) is 25.2 Å². The summed E-state index contributed by atoms with van der Waals surface area (Å²) in [6.45, 7) is 0.618. The van der Waals surface area contributed by atoms with Gasteiger partial charge in [-0.2, -0.15) is 31.4 Å². The van der Waals surface area contributed by atoms with Crippen LogP contribution in [-0.4, -0.2) is 50.5 Å². The molecule has 3 aromatic carbocycles. The number of nitrogens with one attached hydrogen (secondary N) is 2. The van der Waals surface area contributed by atoms with E-state index in [0.29, 0.717) is 64.6 Å². The lowest BCUT2D eigenvalue weighted by Gasteiger charge is -2.20. The van der Waals surface area contributed by atoms with E-state index < -0.39 is 52.2 Å². The summed E-state index contributed by atoms with van der Waals surface area (Å²) in [6.07, 6.45) is -8.10. The van der Waals surface area contributed by atoms with Gasteiger partial charge in [-0.1, -0.05) is 18.2 Å². The van der Waals surface area contributed by atoms with Gasteiger partial charge in [-0.3, -0.25) is 9.59 Å². The maximum Gasteiger partial charge on any atom is 0.434 e. The van der Waals surface area contributed by atoms with E-state index in [4.69, 9.17) is 0 Å². The highest BCUT2D eigenvalue weighted by atomic mass is 19.4. The third kappa shape index (κ3) is 4.79. The number of hydrogen-bond acceptors (Lipinski definition) is 4. The zero-order chi connectivity index (χ0) is 30.7. The molecule has 220 valence electrons. The van der Waals surface area contributed by atoms with Gasteiger partial charge in [-0.25, -0.2) is 9.48 Å². The molecular formula is C29H19F6N5O3. The van der Waals surface area contributed by atoms with Crippen LogP contribution in [0.5, 0.6) is 0 Å². The minimum absolute atomic E-state index is 0.0509.